The highest BCUT2D eigenvalue weighted by Crippen LogP contribution is 2.37. The van der Waals surface area contributed by atoms with E-state index in [4.69, 9.17) is 5.11 Å². The highest BCUT2D eigenvalue weighted by Gasteiger charge is 2.36. The number of carboxylic acid groups (broad SMARTS) is 1. The number of para-hydroxylation sites is 2. The molecule has 0 radical (unpaired) electrons. The molecule has 2 aliphatic heterocycles. The highest BCUT2D eigenvalue weighted by molar-refractivity contribution is 5.85. The second-order valence-electron chi connectivity index (χ2n) is 15.3. The minimum Gasteiger partial charge on any atom is -0.481 e. The second-order valence-corrected chi connectivity index (χ2v) is 15.3. The van der Waals surface area contributed by atoms with Crippen molar-refractivity contribution in [3.8, 4) is 0 Å². The van der Waals surface area contributed by atoms with Gasteiger partial charge in [-0.2, -0.15) is 0 Å². The monoisotopic (exact) mass is 666 g/mol. The molecule has 2 saturated heterocycles. The summed E-state index contributed by atoms with van der Waals surface area (Å²) in [7, 11) is 0. The van der Waals surface area contributed by atoms with E-state index in [1.807, 2.05) is 37.4 Å². The fraction of sp³-hybridized carbons (Fsp3) is 0.571. The van der Waals surface area contributed by atoms with E-state index in [1.165, 1.54) is 94.5 Å². The van der Waals surface area contributed by atoms with Crippen molar-refractivity contribution in [1.29, 1.82) is 0 Å². The van der Waals surface area contributed by atoms with Crippen LogP contribution < -0.4 is 5.32 Å². The van der Waals surface area contributed by atoms with Crippen LogP contribution in [0.3, 0.4) is 0 Å². The summed E-state index contributed by atoms with van der Waals surface area (Å²) in [5, 5.41) is 14.7. The molecule has 264 valence electrons. The van der Waals surface area contributed by atoms with Gasteiger partial charge in [-0.15, -0.1) is 0 Å². The molecule has 0 bridgehead atoms. The molecule has 7 heteroatoms. The number of hydrogen-bond acceptors (Lipinski definition) is 3. The number of hydrogen-bond donors (Lipinski definition) is 4. The average Bonchev–Trinajstić information content (AvgIpc) is 3.77. The zero-order chi connectivity index (χ0) is 34.2. The lowest BCUT2D eigenvalue weighted by molar-refractivity contribution is -0.138. The number of piperidine rings is 2. The van der Waals surface area contributed by atoms with Gasteiger partial charge in [0.1, 0.15) is 0 Å². The number of aliphatic carboxylic acids is 1. The van der Waals surface area contributed by atoms with Gasteiger partial charge in [-0.1, -0.05) is 75.9 Å². The predicted octanol–water partition coefficient (Wildman–Crippen LogP) is 9.52. The van der Waals surface area contributed by atoms with Gasteiger partial charge in [0.15, 0.2) is 0 Å². The number of nitrogens with one attached hydrogen (secondary N) is 3. The Morgan fingerprint density at radius 2 is 1.27 bits per heavy atom. The minimum atomic E-state index is -0.757. The molecule has 49 heavy (non-hydrogen) atoms. The van der Waals surface area contributed by atoms with Gasteiger partial charge in [-0.3, -0.25) is 9.59 Å². The van der Waals surface area contributed by atoms with Crippen molar-refractivity contribution in [2.75, 3.05) is 13.1 Å². The summed E-state index contributed by atoms with van der Waals surface area (Å²) in [5.74, 6) is 1.72. The summed E-state index contributed by atoms with van der Waals surface area (Å²) in [6, 6.07) is 17.7. The third-order valence-corrected chi connectivity index (χ3v) is 11.9. The number of likely N-dealkylation sites (tertiary alicyclic amines) is 1. The Balaban J connectivity index is 0.000000141. The number of carbonyl (C=O) groups excluding carboxylic acids is 1. The van der Waals surface area contributed by atoms with Crippen LogP contribution in [-0.2, 0) is 9.59 Å². The molecule has 4 N–H and O–H groups in total. The van der Waals surface area contributed by atoms with E-state index < -0.39 is 5.97 Å². The van der Waals surface area contributed by atoms with Gasteiger partial charge in [0, 0.05) is 59.2 Å². The van der Waals surface area contributed by atoms with Crippen LogP contribution in [0, 0.1) is 11.8 Å². The van der Waals surface area contributed by atoms with Crippen LogP contribution in [0.2, 0.25) is 0 Å². The summed E-state index contributed by atoms with van der Waals surface area (Å²) >= 11 is 0. The number of H-pyrrole nitrogens is 2. The topological polar surface area (TPSA) is 101 Å². The normalized spacial score (nSPS) is 24.7. The number of benzene rings is 2. The van der Waals surface area contributed by atoms with Crippen LogP contribution in [0.4, 0.5) is 0 Å². The van der Waals surface area contributed by atoms with Gasteiger partial charge in [-0.25, -0.2) is 0 Å². The number of carbonyl (C=O) groups is 2. The summed E-state index contributed by atoms with van der Waals surface area (Å²) in [5.41, 5.74) is 4.58. The van der Waals surface area contributed by atoms with E-state index in [0.717, 1.165) is 46.4 Å². The van der Waals surface area contributed by atoms with Crippen molar-refractivity contribution in [1.82, 2.24) is 20.2 Å². The van der Waals surface area contributed by atoms with Crippen LogP contribution in [0.1, 0.15) is 127 Å². The smallest absolute Gasteiger partial charge is 0.303 e. The summed E-state index contributed by atoms with van der Waals surface area (Å²) < 4.78 is 0. The third kappa shape index (κ3) is 8.78. The molecule has 6 unspecified atom stereocenters. The third-order valence-electron chi connectivity index (χ3n) is 11.9. The first-order valence-electron chi connectivity index (χ1n) is 19.3. The molecule has 2 saturated carbocycles. The Morgan fingerprint density at radius 1 is 0.714 bits per heavy atom. The first-order chi connectivity index (χ1) is 23.9. The van der Waals surface area contributed by atoms with E-state index in [2.05, 4.69) is 57.6 Å². The Labute approximate surface area is 292 Å². The van der Waals surface area contributed by atoms with Crippen molar-refractivity contribution in [3.05, 3.63) is 72.1 Å². The van der Waals surface area contributed by atoms with Crippen LogP contribution in [0.5, 0.6) is 0 Å². The maximum atomic E-state index is 13.0. The van der Waals surface area contributed by atoms with E-state index in [9.17, 15) is 9.59 Å². The van der Waals surface area contributed by atoms with Gasteiger partial charge in [0.25, 0.3) is 0 Å². The van der Waals surface area contributed by atoms with Crippen LogP contribution in [0.15, 0.2) is 60.9 Å². The average molecular weight is 667 g/mol. The molecule has 4 aliphatic rings. The lowest BCUT2D eigenvalue weighted by Crippen LogP contribution is -2.49. The van der Waals surface area contributed by atoms with Crippen molar-refractivity contribution in [3.63, 3.8) is 0 Å². The fourth-order valence-electron chi connectivity index (χ4n) is 9.27. The molecule has 6 atom stereocenters. The van der Waals surface area contributed by atoms with Crippen LogP contribution in [-0.4, -0.2) is 57.0 Å². The molecule has 0 spiro atoms. The molecule has 4 aromatic rings. The standard InChI is InChI=1S/C21H28N2O.C12H13NO2.C9H17N/c1-15(18-14-22-19-10-4-3-9-17(18)19)13-21(24)23-12-6-8-16-7-2-5-11-20(16)23;1-8(6-12(14)15)10-7-13-11-5-3-2-4-9(10)11;1-2-6-9-8(4-1)5-3-7-10-9/h3-4,9-10,14-16,20,22H,2,5-8,11-13H2,1H3;2-5,7-8,13H,6H2,1H3,(H,14,15);8-10H,1-7H2. The lowest BCUT2D eigenvalue weighted by atomic mass is 9.78. The first-order valence-corrected chi connectivity index (χ1v) is 19.3. The maximum Gasteiger partial charge on any atom is 0.303 e. The molecule has 2 aromatic heterocycles. The Kier molecular flexibility index (Phi) is 12.1. The van der Waals surface area contributed by atoms with E-state index in [0.29, 0.717) is 18.4 Å². The van der Waals surface area contributed by atoms with Crippen molar-refractivity contribution in [2.24, 2.45) is 11.8 Å². The number of carboxylic acids is 1. The first kappa shape index (κ1) is 35.3. The highest BCUT2D eigenvalue weighted by atomic mass is 16.4. The van der Waals surface area contributed by atoms with Crippen molar-refractivity contribution < 1.29 is 14.7 Å². The fourth-order valence-corrected chi connectivity index (χ4v) is 9.27. The summed E-state index contributed by atoms with van der Waals surface area (Å²) in [6.07, 6.45) is 21.3. The number of fused-ring (bicyclic) bond motifs is 4. The van der Waals surface area contributed by atoms with Crippen LogP contribution >= 0.6 is 0 Å². The summed E-state index contributed by atoms with van der Waals surface area (Å²) in [6.45, 7) is 6.38. The van der Waals surface area contributed by atoms with Crippen molar-refractivity contribution >= 4 is 33.7 Å². The maximum absolute atomic E-state index is 13.0. The Hall–Kier alpha value is -3.58. The van der Waals surface area contributed by atoms with E-state index >= 15 is 0 Å². The van der Waals surface area contributed by atoms with Gasteiger partial charge in [0.2, 0.25) is 5.91 Å². The Morgan fingerprint density at radius 3 is 1.92 bits per heavy atom. The van der Waals surface area contributed by atoms with Gasteiger partial charge < -0.3 is 25.3 Å². The van der Waals surface area contributed by atoms with E-state index in [1.54, 1.807) is 0 Å². The molecule has 2 aliphatic carbocycles. The number of amides is 1. The number of nitrogens with zero attached hydrogens (tertiary/aromatic N) is 1. The molecular weight excluding hydrogens is 608 g/mol. The summed E-state index contributed by atoms with van der Waals surface area (Å²) in [4.78, 5) is 32.4. The quantitative estimate of drug-likeness (QED) is 0.165. The zero-order valence-corrected chi connectivity index (χ0v) is 29.8. The molecule has 8 rings (SSSR count). The largest absolute Gasteiger partial charge is 0.481 e. The molecule has 4 heterocycles. The minimum absolute atomic E-state index is 0.0404. The second kappa shape index (κ2) is 16.9. The number of aromatic nitrogens is 2. The lowest BCUT2D eigenvalue weighted by Gasteiger charge is -2.44. The molecule has 1 amide bonds. The number of rotatable bonds is 6. The SMILES string of the molecule is C1CCC2NCCCC2C1.CC(CC(=O)N1CCCC2CCCCC21)c1c[nH]c2ccccc12.CC(CC(=O)O)c1c[nH]c2ccccc12. The zero-order valence-electron chi connectivity index (χ0n) is 29.8. The molecule has 4 fully saturated rings. The van der Waals surface area contributed by atoms with Crippen LogP contribution in [0.25, 0.3) is 21.8 Å². The molecule has 2 aromatic carbocycles. The van der Waals surface area contributed by atoms with E-state index in [-0.39, 0.29) is 18.3 Å². The predicted molar refractivity (Wildman–Crippen MR) is 200 cm³/mol. The van der Waals surface area contributed by atoms with Crippen molar-refractivity contribution in [2.45, 2.75) is 128 Å². The Bertz CT molecular complexity index is 1630. The number of aromatic amines is 2. The van der Waals surface area contributed by atoms with Gasteiger partial charge in [0.05, 0.1) is 6.42 Å². The van der Waals surface area contributed by atoms with Gasteiger partial charge in [-0.05, 0) is 105 Å². The molecular formula is C42H58N4O3. The molecule has 7 nitrogen and oxygen atoms in total. The van der Waals surface area contributed by atoms with Gasteiger partial charge >= 0.3 is 5.97 Å².